The van der Waals surface area contributed by atoms with E-state index in [1.807, 2.05) is 0 Å². The van der Waals surface area contributed by atoms with E-state index >= 15 is 0 Å². The first-order valence-corrected chi connectivity index (χ1v) is 8.07. The number of fused-ring (bicyclic) bond motifs is 2. The van der Waals surface area contributed by atoms with E-state index in [1.165, 1.54) is 20.3 Å². The topological polar surface area (TPSA) is 71.1 Å². The van der Waals surface area contributed by atoms with Crippen LogP contribution in [0.3, 0.4) is 0 Å². The second kappa shape index (κ2) is 7.27. The van der Waals surface area contributed by atoms with Gasteiger partial charge in [0.1, 0.15) is 0 Å². The molecule has 26 heavy (non-hydrogen) atoms. The maximum atomic E-state index is 11.7. The zero-order valence-electron chi connectivity index (χ0n) is 13.7. The molecule has 0 aliphatic heterocycles. The SMILES string of the molecule is COC(=O)Oc1c2ccccc2c(OC(=O)OC)c2c(Cl)cc(Cl)cc12. The Balaban J connectivity index is 2.47. The Hall–Kier alpha value is -2.70. The van der Waals surface area contributed by atoms with Crippen molar-refractivity contribution < 1.29 is 28.5 Å². The van der Waals surface area contributed by atoms with E-state index in [0.717, 1.165) is 0 Å². The van der Waals surface area contributed by atoms with Gasteiger partial charge in [0.2, 0.25) is 0 Å². The molecule has 0 spiro atoms. The smallest absolute Gasteiger partial charge is 0.437 e. The molecule has 3 aromatic carbocycles. The molecule has 3 rings (SSSR count). The molecule has 134 valence electrons. The van der Waals surface area contributed by atoms with E-state index in [-0.39, 0.29) is 16.5 Å². The average molecular weight is 395 g/mol. The molecule has 3 aromatic rings. The van der Waals surface area contributed by atoms with E-state index in [0.29, 0.717) is 26.6 Å². The molecule has 0 unspecified atom stereocenters. The number of halogens is 2. The number of methoxy groups -OCH3 is 2. The van der Waals surface area contributed by atoms with Gasteiger partial charge >= 0.3 is 12.3 Å². The van der Waals surface area contributed by atoms with Crippen molar-refractivity contribution in [3.8, 4) is 11.5 Å². The molecule has 0 aliphatic carbocycles. The van der Waals surface area contributed by atoms with Crippen LogP contribution in [0.4, 0.5) is 9.59 Å². The molecule has 0 atom stereocenters. The summed E-state index contributed by atoms with van der Waals surface area (Å²) in [4.78, 5) is 23.5. The Morgan fingerprint density at radius 1 is 0.808 bits per heavy atom. The van der Waals surface area contributed by atoms with Crippen molar-refractivity contribution >= 4 is 57.1 Å². The maximum Gasteiger partial charge on any atom is 0.513 e. The number of carbonyl (C=O) groups excluding carboxylic acids is 2. The lowest BCUT2D eigenvalue weighted by atomic mass is 10.0. The number of rotatable bonds is 2. The number of ether oxygens (including phenoxy) is 4. The van der Waals surface area contributed by atoms with E-state index in [1.54, 1.807) is 30.3 Å². The average Bonchev–Trinajstić information content (AvgIpc) is 2.63. The highest BCUT2D eigenvalue weighted by Crippen LogP contribution is 2.46. The van der Waals surface area contributed by atoms with Crippen LogP contribution >= 0.6 is 23.2 Å². The van der Waals surface area contributed by atoms with Gasteiger partial charge in [-0.2, -0.15) is 0 Å². The van der Waals surface area contributed by atoms with Gasteiger partial charge in [-0.15, -0.1) is 0 Å². The summed E-state index contributed by atoms with van der Waals surface area (Å²) >= 11 is 12.5. The van der Waals surface area contributed by atoms with Crippen LogP contribution in [-0.4, -0.2) is 26.5 Å². The van der Waals surface area contributed by atoms with Crippen LogP contribution in [0.5, 0.6) is 11.5 Å². The van der Waals surface area contributed by atoms with Crippen molar-refractivity contribution in [3.05, 3.63) is 46.4 Å². The van der Waals surface area contributed by atoms with Gasteiger partial charge in [0, 0.05) is 26.6 Å². The fraction of sp³-hybridized carbons (Fsp3) is 0.111. The molecule has 0 N–H and O–H groups in total. The Kier molecular flexibility index (Phi) is 5.06. The molecule has 0 saturated carbocycles. The lowest BCUT2D eigenvalue weighted by Crippen LogP contribution is -2.10. The van der Waals surface area contributed by atoms with Crippen molar-refractivity contribution in [2.75, 3.05) is 14.2 Å². The van der Waals surface area contributed by atoms with Crippen LogP contribution in [-0.2, 0) is 9.47 Å². The van der Waals surface area contributed by atoms with Gasteiger partial charge in [-0.1, -0.05) is 47.5 Å². The summed E-state index contributed by atoms with van der Waals surface area (Å²) in [6.07, 6.45) is -1.82. The Morgan fingerprint density at radius 2 is 1.35 bits per heavy atom. The highest BCUT2D eigenvalue weighted by Gasteiger charge is 2.22. The van der Waals surface area contributed by atoms with Gasteiger partial charge in [-0.3, -0.25) is 0 Å². The zero-order chi connectivity index (χ0) is 18.8. The summed E-state index contributed by atoms with van der Waals surface area (Å²) in [6.45, 7) is 0. The van der Waals surface area contributed by atoms with E-state index in [2.05, 4.69) is 9.47 Å². The van der Waals surface area contributed by atoms with Gasteiger partial charge in [0.05, 0.1) is 19.2 Å². The van der Waals surface area contributed by atoms with Crippen molar-refractivity contribution in [1.82, 2.24) is 0 Å². The molecular weight excluding hydrogens is 383 g/mol. The number of hydrogen-bond donors (Lipinski definition) is 0. The van der Waals surface area contributed by atoms with Gasteiger partial charge in [0.25, 0.3) is 0 Å². The van der Waals surface area contributed by atoms with E-state index < -0.39 is 12.3 Å². The van der Waals surface area contributed by atoms with Gasteiger partial charge in [-0.05, 0) is 12.1 Å². The third-order valence-corrected chi connectivity index (χ3v) is 4.16. The van der Waals surface area contributed by atoms with E-state index in [9.17, 15) is 9.59 Å². The largest absolute Gasteiger partial charge is 0.513 e. The van der Waals surface area contributed by atoms with E-state index in [4.69, 9.17) is 32.7 Å². The van der Waals surface area contributed by atoms with Crippen molar-refractivity contribution in [3.63, 3.8) is 0 Å². The zero-order valence-corrected chi connectivity index (χ0v) is 15.2. The van der Waals surface area contributed by atoms with Gasteiger partial charge in [0.15, 0.2) is 11.5 Å². The second-order valence-electron chi connectivity index (χ2n) is 5.13. The van der Waals surface area contributed by atoms with Crippen LogP contribution in [0.15, 0.2) is 36.4 Å². The predicted molar refractivity (Wildman–Crippen MR) is 97.5 cm³/mol. The lowest BCUT2D eigenvalue weighted by molar-refractivity contribution is 0.120. The number of hydrogen-bond acceptors (Lipinski definition) is 6. The fourth-order valence-electron chi connectivity index (χ4n) is 2.61. The molecule has 0 saturated heterocycles. The van der Waals surface area contributed by atoms with Crippen LogP contribution in [0.1, 0.15) is 0 Å². The Morgan fingerprint density at radius 3 is 1.92 bits per heavy atom. The van der Waals surface area contributed by atoms with Crippen LogP contribution < -0.4 is 9.47 Å². The second-order valence-corrected chi connectivity index (χ2v) is 5.97. The number of carbonyl (C=O) groups is 2. The summed E-state index contributed by atoms with van der Waals surface area (Å²) in [6, 6.07) is 9.93. The minimum absolute atomic E-state index is 0.168. The molecule has 0 aliphatic rings. The summed E-state index contributed by atoms with van der Waals surface area (Å²) < 4.78 is 19.9. The van der Waals surface area contributed by atoms with Crippen molar-refractivity contribution in [1.29, 1.82) is 0 Å². The lowest BCUT2D eigenvalue weighted by Gasteiger charge is -2.16. The Bertz CT molecular complexity index is 1030. The molecule has 0 fully saturated rings. The highest BCUT2D eigenvalue weighted by atomic mass is 35.5. The summed E-state index contributed by atoms with van der Waals surface area (Å²) in [5.41, 5.74) is 0. The molecule has 0 aromatic heterocycles. The maximum absolute atomic E-state index is 11.7. The third kappa shape index (κ3) is 3.21. The highest BCUT2D eigenvalue weighted by molar-refractivity contribution is 6.40. The summed E-state index contributed by atoms with van der Waals surface area (Å²) in [5.74, 6) is 0.352. The molecule has 8 heteroatoms. The van der Waals surface area contributed by atoms with Gasteiger partial charge < -0.3 is 18.9 Å². The normalized spacial score (nSPS) is 10.6. The minimum atomic E-state index is -0.913. The van der Waals surface area contributed by atoms with Crippen LogP contribution in [0, 0.1) is 0 Å². The Labute approximate surface area is 158 Å². The molecule has 0 amide bonds. The fourth-order valence-corrected chi connectivity index (χ4v) is 3.19. The third-order valence-electron chi connectivity index (χ3n) is 3.65. The molecule has 6 nitrogen and oxygen atoms in total. The molecular formula is C18H12Cl2O6. The van der Waals surface area contributed by atoms with Crippen LogP contribution in [0.2, 0.25) is 10.0 Å². The first-order valence-electron chi connectivity index (χ1n) is 7.31. The van der Waals surface area contributed by atoms with Crippen LogP contribution in [0.25, 0.3) is 21.5 Å². The minimum Gasteiger partial charge on any atom is -0.437 e. The first kappa shape index (κ1) is 18.1. The molecule has 0 bridgehead atoms. The van der Waals surface area contributed by atoms with Gasteiger partial charge in [-0.25, -0.2) is 9.59 Å². The predicted octanol–water partition coefficient (Wildman–Crippen LogP) is 5.59. The summed E-state index contributed by atoms with van der Waals surface area (Å²) in [5, 5.41) is 2.25. The number of benzene rings is 3. The van der Waals surface area contributed by atoms with Crippen molar-refractivity contribution in [2.45, 2.75) is 0 Å². The standard InChI is InChI=1S/C18H12Cl2O6/c1-23-17(21)25-15-10-5-3-4-6-11(10)16(26-18(22)24-2)14-12(15)7-9(19)8-13(14)20/h3-8H,1-2H3. The first-order chi connectivity index (χ1) is 12.5. The molecule has 0 radical (unpaired) electrons. The quantitative estimate of drug-likeness (QED) is 0.320. The van der Waals surface area contributed by atoms with Crippen molar-refractivity contribution in [2.24, 2.45) is 0 Å². The monoisotopic (exact) mass is 394 g/mol. The molecule has 0 heterocycles. The summed E-state index contributed by atoms with van der Waals surface area (Å²) in [7, 11) is 2.39.